The van der Waals surface area contributed by atoms with Crippen LogP contribution in [0.5, 0.6) is 0 Å². The lowest BCUT2D eigenvalue weighted by atomic mass is 9.85. The molecule has 2 heterocycles. The maximum Gasteiger partial charge on any atom is 0.222 e. The zero-order valence-electron chi connectivity index (χ0n) is 14.5. The first kappa shape index (κ1) is 19.2. The Balaban J connectivity index is 0.00000208. The summed E-state index contributed by atoms with van der Waals surface area (Å²) in [6, 6.07) is 8.43. The highest BCUT2D eigenvalue weighted by Crippen LogP contribution is 2.27. The smallest absolute Gasteiger partial charge is 0.222 e. The summed E-state index contributed by atoms with van der Waals surface area (Å²) in [6.07, 6.45) is 3.14. The average Bonchev–Trinajstić information content (AvgIpc) is 2.98. The Morgan fingerprint density at radius 1 is 1.42 bits per heavy atom. The molecule has 24 heavy (non-hydrogen) atoms. The van der Waals surface area contributed by atoms with Gasteiger partial charge in [-0.05, 0) is 60.2 Å². The van der Waals surface area contributed by atoms with Gasteiger partial charge in [-0.1, -0.05) is 25.1 Å². The minimum atomic E-state index is 0. The molecule has 1 aromatic carbocycles. The Morgan fingerprint density at radius 2 is 2.21 bits per heavy atom. The number of nitrogens with one attached hydrogen (secondary N) is 1. The van der Waals surface area contributed by atoms with Gasteiger partial charge < -0.3 is 10.2 Å². The van der Waals surface area contributed by atoms with Crippen molar-refractivity contribution in [3.05, 3.63) is 35.2 Å². The van der Waals surface area contributed by atoms with Crippen molar-refractivity contribution in [1.29, 1.82) is 0 Å². The van der Waals surface area contributed by atoms with Crippen LogP contribution in [0.25, 0.3) is 10.1 Å². The van der Waals surface area contributed by atoms with Gasteiger partial charge in [0, 0.05) is 24.7 Å². The number of rotatable bonds is 5. The Labute approximate surface area is 154 Å². The number of hydrogen-bond acceptors (Lipinski definition) is 3. The van der Waals surface area contributed by atoms with Crippen molar-refractivity contribution in [2.24, 2.45) is 11.8 Å². The molecule has 3 rings (SSSR count). The summed E-state index contributed by atoms with van der Waals surface area (Å²) >= 11 is 1.76. The molecule has 2 unspecified atom stereocenters. The highest BCUT2D eigenvalue weighted by atomic mass is 35.5. The van der Waals surface area contributed by atoms with Crippen LogP contribution in [-0.4, -0.2) is 30.9 Å². The minimum absolute atomic E-state index is 0. The fraction of sp³-hybridized carbons (Fsp3) is 0.526. The van der Waals surface area contributed by atoms with Crippen molar-refractivity contribution >= 4 is 39.7 Å². The lowest BCUT2D eigenvalue weighted by Crippen LogP contribution is -2.36. The third-order valence-corrected chi connectivity index (χ3v) is 6.04. The maximum absolute atomic E-state index is 12.6. The summed E-state index contributed by atoms with van der Waals surface area (Å²) in [7, 11) is 1.93. The minimum Gasteiger partial charge on any atom is -0.341 e. The van der Waals surface area contributed by atoms with Crippen LogP contribution in [0.1, 0.15) is 31.7 Å². The summed E-state index contributed by atoms with van der Waals surface area (Å²) in [4.78, 5) is 14.5. The first-order valence-electron chi connectivity index (χ1n) is 8.55. The highest BCUT2D eigenvalue weighted by molar-refractivity contribution is 7.17. The SMILES string of the molecule is CC(CC(=O)N(C)Cc1csc2ccccc12)C1CCCNC1.Cl. The van der Waals surface area contributed by atoms with Gasteiger partial charge in [0.1, 0.15) is 0 Å². The molecule has 1 amide bonds. The van der Waals surface area contributed by atoms with Gasteiger partial charge in [-0.25, -0.2) is 0 Å². The molecule has 0 radical (unpaired) electrons. The number of nitrogens with zero attached hydrogens (tertiary/aromatic N) is 1. The second kappa shape index (κ2) is 8.84. The van der Waals surface area contributed by atoms with Crippen molar-refractivity contribution in [3.8, 4) is 0 Å². The second-order valence-electron chi connectivity index (χ2n) is 6.79. The molecule has 1 N–H and O–H groups in total. The molecule has 1 aromatic heterocycles. The average molecular weight is 367 g/mol. The molecule has 0 aliphatic carbocycles. The second-order valence-corrected chi connectivity index (χ2v) is 7.71. The van der Waals surface area contributed by atoms with E-state index in [1.54, 1.807) is 11.3 Å². The third-order valence-electron chi connectivity index (χ3n) is 5.03. The number of hydrogen-bond donors (Lipinski definition) is 1. The van der Waals surface area contributed by atoms with Crippen molar-refractivity contribution in [2.45, 2.75) is 32.7 Å². The molecule has 0 bridgehead atoms. The van der Waals surface area contributed by atoms with E-state index in [4.69, 9.17) is 0 Å². The number of piperidine rings is 1. The van der Waals surface area contributed by atoms with E-state index in [1.807, 2.05) is 11.9 Å². The number of halogens is 1. The molecule has 0 saturated carbocycles. The lowest BCUT2D eigenvalue weighted by molar-refractivity contribution is -0.131. The Bertz CT molecular complexity index is 666. The van der Waals surface area contributed by atoms with E-state index in [-0.39, 0.29) is 18.3 Å². The molecule has 2 atom stereocenters. The number of carbonyl (C=O) groups is 1. The van der Waals surface area contributed by atoms with Crippen LogP contribution in [0.4, 0.5) is 0 Å². The monoisotopic (exact) mass is 366 g/mol. The van der Waals surface area contributed by atoms with E-state index in [1.165, 1.54) is 28.5 Å². The van der Waals surface area contributed by atoms with Crippen molar-refractivity contribution < 1.29 is 4.79 Å². The molecule has 1 fully saturated rings. The summed E-state index contributed by atoms with van der Waals surface area (Å²) in [6.45, 7) is 5.12. The predicted octanol–water partition coefficient (Wildman–Crippen LogP) is 4.31. The van der Waals surface area contributed by atoms with Crippen LogP contribution in [0, 0.1) is 11.8 Å². The summed E-state index contributed by atoms with van der Waals surface area (Å²) in [5.41, 5.74) is 1.26. The van der Waals surface area contributed by atoms with Crippen LogP contribution < -0.4 is 5.32 Å². The van der Waals surface area contributed by atoms with E-state index in [2.05, 4.69) is 41.9 Å². The first-order valence-corrected chi connectivity index (χ1v) is 9.43. The zero-order valence-corrected chi connectivity index (χ0v) is 16.1. The molecule has 5 heteroatoms. The largest absolute Gasteiger partial charge is 0.341 e. The van der Waals surface area contributed by atoms with Gasteiger partial charge in [0.25, 0.3) is 0 Å². The quantitative estimate of drug-likeness (QED) is 0.855. The fourth-order valence-electron chi connectivity index (χ4n) is 3.46. The van der Waals surface area contributed by atoms with Gasteiger partial charge in [-0.3, -0.25) is 4.79 Å². The summed E-state index contributed by atoms with van der Waals surface area (Å²) in [5.74, 6) is 1.36. The van der Waals surface area contributed by atoms with Crippen LogP contribution in [0.15, 0.2) is 29.6 Å². The number of carbonyl (C=O) groups excluding carboxylic acids is 1. The van der Waals surface area contributed by atoms with Gasteiger partial charge in [-0.15, -0.1) is 23.7 Å². The van der Waals surface area contributed by atoms with Gasteiger partial charge in [0.05, 0.1) is 0 Å². The number of fused-ring (bicyclic) bond motifs is 1. The van der Waals surface area contributed by atoms with E-state index in [0.717, 1.165) is 13.1 Å². The van der Waals surface area contributed by atoms with E-state index < -0.39 is 0 Å². The summed E-state index contributed by atoms with van der Waals surface area (Å²) in [5, 5.41) is 6.91. The Morgan fingerprint density at radius 3 is 2.96 bits per heavy atom. The van der Waals surface area contributed by atoms with Crippen molar-refractivity contribution in [1.82, 2.24) is 10.2 Å². The Hall–Kier alpha value is -1.10. The van der Waals surface area contributed by atoms with Gasteiger partial charge in [0.2, 0.25) is 5.91 Å². The molecular formula is C19H27ClN2OS. The number of benzene rings is 1. The molecule has 2 aromatic rings. The molecule has 1 aliphatic rings. The standard InChI is InChI=1S/C19H26N2OS.ClH/c1-14(15-6-5-9-20-11-15)10-19(22)21(2)12-16-13-23-18-8-4-3-7-17(16)18;/h3-4,7-8,13-15,20H,5-6,9-12H2,1-2H3;1H. The van der Waals surface area contributed by atoms with Crippen LogP contribution in [0.3, 0.4) is 0 Å². The molecule has 132 valence electrons. The molecule has 0 spiro atoms. The highest BCUT2D eigenvalue weighted by Gasteiger charge is 2.23. The summed E-state index contributed by atoms with van der Waals surface area (Å²) < 4.78 is 1.30. The van der Waals surface area contributed by atoms with E-state index in [0.29, 0.717) is 24.8 Å². The molecular weight excluding hydrogens is 340 g/mol. The number of amides is 1. The van der Waals surface area contributed by atoms with Crippen molar-refractivity contribution in [2.75, 3.05) is 20.1 Å². The fourth-order valence-corrected chi connectivity index (χ4v) is 4.42. The van der Waals surface area contributed by atoms with E-state index in [9.17, 15) is 4.79 Å². The molecule has 3 nitrogen and oxygen atoms in total. The van der Waals surface area contributed by atoms with Crippen LogP contribution in [0.2, 0.25) is 0 Å². The molecule has 1 aliphatic heterocycles. The zero-order chi connectivity index (χ0) is 16.2. The third kappa shape index (κ3) is 4.50. The first-order chi connectivity index (χ1) is 11.1. The van der Waals surface area contributed by atoms with Gasteiger partial charge in [0.15, 0.2) is 0 Å². The lowest BCUT2D eigenvalue weighted by Gasteiger charge is -2.29. The predicted molar refractivity (Wildman–Crippen MR) is 105 cm³/mol. The number of thiophene rings is 1. The normalized spacial score (nSPS) is 18.8. The molecule has 1 saturated heterocycles. The van der Waals surface area contributed by atoms with Crippen LogP contribution >= 0.6 is 23.7 Å². The van der Waals surface area contributed by atoms with Crippen LogP contribution in [-0.2, 0) is 11.3 Å². The topological polar surface area (TPSA) is 32.3 Å². The maximum atomic E-state index is 12.6. The Kier molecular flexibility index (Phi) is 7.08. The van der Waals surface area contributed by atoms with Crippen molar-refractivity contribution in [3.63, 3.8) is 0 Å². The van der Waals surface area contributed by atoms with Gasteiger partial charge in [-0.2, -0.15) is 0 Å². The van der Waals surface area contributed by atoms with Gasteiger partial charge >= 0.3 is 0 Å². The van der Waals surface area contributed by atoms with E-state index >= 15 is 0 Å².